The Kier molecular flexibility index (Phi) is 3.54. The monoisotopic (exact) mass is 273 g/mol. The van der Waals surface area contributed by atoms with Crippen molar-refractivity contribution < 1.29 is 9.59 Å². The molecule has 1 aromatic carbocycles. The first kappa shape index (κ1) is 13.3. The highest BCUT2D eigenvalue weighted by atomic mass is 16.2. The van der Waals surface area contributed by atoms with E-state index in [1.165, 1.54) is 18.4 Å². The molecule has 3 rings (SSSR count). The maximum atomic E-state index is 11.4. The highest BCUT2D eigenvalue weighted by Gasteiger charge is 2.46. The fourth-order valence-electron chi connectivity index (χ4n) is 2.86. The lowest BCUT2D eigenvalue weighted by Gasteiger charge is -2.31. The van der Waals surface area contributed by atoms with Gasteiger partial charge in [-0.05, 0) is 43.0 Å². The van der Waals surface area contributed by atoms with Crippen LogP contribution in [0.1, 0.15) is 24.3 Å². The van der Waals surface area contributed by atoms with Crippen molar-refractivity contribution in [2.45, 2.75) is 30.8 Å². The first-order chi connectivity index (χ1) is 9.66. The van der Waals surface area contributed by atoms with Gasteiger partial charge in [-0.25, -0.2) is 0 Å². The van der Waals surface area contributed by atoms with E-state index in [1.54, 1.807) is 0 Å². The second-order valence-corrected chi connectivity index (χ2v) is 5.54. The second-order valence-electron chi connectivity index (χ2n) is 5.54. The standard InChI is InChI=1S/C15H19N3O2/c16-12-13(15(20)14(12)19)18-11-5-3-9(4-6-11)10-2-1-7-17-8-10/h3-6,10,12-13,17-18H,1-2,7-8,16H2. The number of hydrogen-bond donors (Lipinski definition) is 3. The third kappa shape index (κ3) is 2.34. The van der Waals surface area contributed by atoms with Crippen molar-refractivity contribution in [3.8, 4) is 0 Å². The number of nitrogens with two attached hydrogens (primary N) is 1. The fourth-order valence-corrected chi connectivity index (χ4v) is 2.86. The number of rotatable bonds is 3. The Morgan fingerprint density at radius 3 is 2.50 bits per heavy atom. The lowest BCUT2D eigenvalue weighted by atomic mass is 9.83. The molecule has 20 heavy (non-hydrogen) atoms. The van der Waals surface area contributed by atoms with Crippen LogP contribution >= 0.6 is 0 Å². The van der Waals surface area contributed by atoms with Gasteiger partial charge in [0.2, 0.25) is 11.6 Å². The Bertz CT molecular complexity index is 520. The molecule has 5 nitrogen and oxygen atoms in total. The molecule has 0 aromatic heterocycles. The van der Waals surface area contributed by atoms with Crippen molar-refractivity contribution >= 4 is 17.3 Å². The molecule has 1 saturated heterocycles. The molecule has 3 atom stereocenters. The molecule has 1 saturated carbocycles. The molecule has 0 amide bonds. The van der Waals surface area contributed by atoms with E-state index in [0.717, 1.165) is 18.8 Å². The zero-order valence-corrected chi connectivity index (χ0v) is 11.3. The van der Waals surface area contributed by atoms with Crippen LogP contribution in [-0.4, -0.2) is 36.7 Å². The number of Topliss-reactive ketones (excluding diaryl/α,β-unsaturated/α-hetero) is 2. The van der Waals surface area contributed by atoms with E-state index in [0.29, 0.717) is 5.92 Å². The SMILES string of the molecule is NC1C(=O)C(=O)C1Nc1ccc(C2CCCNC2)cc1. The molecule has 1 aliphatic heterocycles. The van der Waals surface area contributed by atoms with E-state index in [9.17, 15) is 9.59 Å². The largest absolute Gasteiger partial charge is 0.373 e. The molecule has 0 radical (unpaired) electrons. The summed E-state index contributed by atoms with van der Waals surface area (Å²) >= 11 is 0. The Morgan fingerprint density at radius 1 is 1.15 bits per heavy atom. The Balaban J connectivity index is 1.64. The van der Waals surface area contributed by atoms with E-state index in [2.05, 4.69) is 22.8 Å². The molecule has 2 aliphatic rings. The van der Waals surface area contributed by atoms with Crippen LogP contribution < -0.4 is 16.4 Å². The molecule has 1 aliphatic carbocycles. The summed E-state index contributed by atoms with van der Waals surface area (Å²) < 4.78 is 0. The van der Waals surface area contributed by atoms with Crippen LogP contribution in [0.2, 0.25) is 0 Å². The summed E-state index contributed by atoms with van der Waals surface area (Å²) in [6, 6.07) is 6.79. The van der Waals surface area contributed by atoms with Gasteiger partial charge in [0.25, 0.3) is 0 Å². The Morgan fingerprint density at radius 2 is 1.90 bits per heavy atom. The van der Waals surface area contributed by atoms with Gasteiger partial charge in [0.1, 0.15) is 6.04 Å². The van der Waals surface area contributed by atoms with Crippen molar-refractivity contribution in [2.24, 2.45) is 5.73 Å². The minimum absolute atomic E-state index is 0.418. The molecule has 0 spiro atoms. The van der Waals surface area contributed by atoms with Gasteiger partial charge in [0, 0.05) is 12.2 Å². The fraction of sp³-hybridized carbons (Fsp3) is 0.467. The Labute approximate surface area is 117 Å². The number of nitrogens with one attached hydrogen (secondary N) is 2. The van der Waals surface area contributed by atoms with Crippen LogP contribution in [0.15, 0.2) is 24.3 Å². The zero-order chi connectivity index (χ0) is 14.1. The van der Waals surface area contributed by atoms with Crippen LogP contribution in [0.3, 0.4) is 0 Å². The van der Waals surface area contributed by atoms with Crippen LogP contribution in [0.25, 0.3) is 0 Å². The van der Waals surface area contributed by atoms with Gasteiger partial charge in [0.15, 0.2) is 0 Å². The van der Waals surface area contributed by atoms with E-state index in [1.807, 2.05) is 12.1 Å². The number of ketones is 2. The van der Waals surface area contributed by atoms with E-state index in [-0.39, 0.29) is 0 Å². The first-order valence-corrected chi connectivity index (χ1v) is 7.07. The quantitative estimate of drug-likeness (QED) is 0.695. The lowest BCUT2D eigenvalue weighted by Crippen LogP contribution is -2.65. The summed E-state index contributed by atoms with van der Waals surface area (Å²) in [4.78, 5) is 22.5. The van der Waals surface area contributed by atoms with Gasteiger partial charge >= 0.3 is 0 Å². The summed E-state index contributed by atoms with van der Waals surface area (Å²) in [7, 11) is 0. The van der Waals surface area contributed by atoms with Gasteiger partial charge in [0.05, 0.1) is 6.04 Å². The lowest BCUT2D eigenvalue weighted by molar-refractivity contribution is -0.144. The third-order valence-electron chi connectivity index (χ3n) is 4.19. The van der Waals surface area contributed by atoms with E-state index < -0.39 is 23.7 Å². The number of carbonyl (C=O) groups is 2. The zero-order valence-electron chi connectivity index (χ0n) is 11.3. The number of carbonyl (C=O) groups excluding carboxylic acids is 2. The van der Waals surface area contributed by atoms with E-state index in [4.69, 9.17) is 5.73 Å². The Hall–Kier alpha value is -1.72. The average Bonchev–Trinajstić information content (AvgIpc) is 2.53. The molecule has 5 heteroatoms. The summed E-state index contributed by atoms with van der Waals surface area (Å²) in [6.45, 7) is 2.12. The van der Waals surface area contributed by atoms with Crippen molar-refractivity contribution in [2.75, 3.05) is 18.4 Å². The predicted molar refractivity (Wildman–Crippen MR) is 76.7 cm³/mol. The van der Waals surface area contributed by atoms with Crippen LogP contribution in [0.5, 0.6) is 0 Å². The highest BCUT2D eigenvalue weighted by molar-refractivity contribution is 6.49. The number of piperidine rings is 1. The average molecular weight is 273 g/mol. The summed E-state index contributed by atoms with van der Waals surface area (Å²) in [6.07, 6.45) is 2.42. The third-order valence-corrected chi connectivity index (χ3v) is 4.19. The summed E-state index contributed by atoms with van der Waals surface area (Å²) in [5.74, 6) is -0.336. The number of hydrogen-bond acceptors (Lipinski definition) is 5. The molecule has 106 valence electrons. The van der Waals surface area contributed by atoms with Crippen molar-refractivity contribution in [3.63, 3.8) is 0 Å². The first-order valence-electron chi connectivity index (χ1n) is 7.07. The molecule has 4 N–H and O–H groups in total. The molecule has 3 unspecified atom stereocenters. The normalized spacial score (nSPS) is 29.9. The van der Waals surface area contributed by atoms with Crippen molar-refractivity contribution in [3.05, 3.63) is 29.8 Å². The van der Waals surface area contributed by atoms with Crippen molar-refractivity contribution in [1.82, 2.24) is 5.32 Å². The van der Waals surface area contributed by atoms with Gasteiger partial charge in [-0.15, -0.1) is 0 Å². The topological polar surface area (TPSA) is 84.2 Å². The van der Waals surface area contributed by atoms with Gasteiger partial charge < -0.3 is 16.4 Å². The van der Waals surface area contributed by atoms with Crippen molar-refractivity contribution in [1.29, 1.82) is 0 Å². The smallest absolute Gasteiger partial charge is 0.224 e. The second kappa shape index (κ2) is 5.34. The molecule has 2 fully saturated rings. The van der Waals surface area contributed by atoms with Crippen LogP contribution in [0, 0.1) is 0 Å². The van der Waals surface area contributed by atoms with Gasteiger partial charge in [-0.2, -0.15) is 0 Å². The molecular formula is C15H19N3O2. The number of benzene rings is 1. The predicted octanol–water partition coefficient (Wildman–Crippen LogP) is 0.413. The van der Waals surface area contributed by atoms with E-state index >= 15 is 0 Å². The van der Waals surface area contributed by atoms with Crippen LogP contribution in [-0.2, 0) is 9.59 Å². The molecule has 1 heterocycles. The minimum Gasteiger partial charge on any atom is -0.373 e. The van der Waals surface area contributed by atoms with Gasteiger partial charge in [-0.1, -0.05) is 12.1 Å². The molecule has 0 bridgehead atoms. The van der Waals surface area contributed by atoms with Gasteiger partial charge in [-0.3, -0.25) is 9.59 Å². The highest BCUT2D eigenvalue weighted by Crippen LogP contribution is 2.25. The maximum Gasteiger partial charge on any atom is 0.224 e. The van der Waals surface area contributed by atoms with Crippen LogP contribution in [0.4, 0.5) is 5.69 Å². The molecule has 1 aromatic rings. The number of anilines is 1. The summed E-state index contributed by atoms with van der Waals surface area (Å²) in [5.41, 5.74) is 7.75. The maximum absolute atomic E-state index is 11.4. The summed E-state index contributed by atoms with van der Waals surface area (Å²) in [5, 5.41) is 6.43. The molecular weight excluding hydrogens is 254 g/mol. The minimum atomic E-state index is -0.704.